The van der Waals surface area contributed by atoms with Crippen LogP contribution in [0, 0.1) is 5.92 Å². The van der Waals surface area contributed by atoms with Gasteiger partial charge in [0.15, 0.2) is 29.4 Å². The second-order valence-corrected chi connectivity index (χ2v) is 8.68. The quantitative estimate of drug-likeness (QED) is 0.290. The predicted molar refractivity (Wildman–Crippen MR) is 129 cm³/mol. The fraction of sp³-hybridized carbons (Fsp3) is 0.280. The van der Waals surface area contributed by atoms with Gasteiger partial charge in [-0.15, -0.1) is 0 Å². The van der Waals surface area contributed by atoms with Crippen LogP contribution in [0.4, 0.5) is 10.2 Å². The molecule has 2 aromatic carbocycles. The maximum absolute atomic E-state index is 15.3. The highest BCUT2D eigenvalue weighted by molar-refractivity contribution is 6.28. The van der Waals surface area contributed by atoms with Crippen molar-refractivity contribution in [2.45, 2.75) is 32.0 Å². The third-order valence-corrected chi connectivity index (χ3v) is 6.20. The second-order valence-electron chi connectivity index (χ2n) is 8.34. The number of hydrogen-bond acceptors (Lipinski definition) is 7. The van der Waals surface area contributed by atoms with E-state index in [0.717, 1.165) is 5.56 Å². The van der Waals surface area contributed by atoms with E-state index in [0.29, 0.717) is 29.1 Å². The summed E-state index contributed by atoms with van der Waals surface area (Å²) in [6.07, 6.45) is -1.54. The van der Waals surface area contributed by atoms with Gasteiger partial charge in [0.25, 0.3) is 0 Å². The van der Waals surface area contributed by atoms with Crippen LogP contribution in [-0.4, -0.2) is 44.4 Å². The number of hydrogen-bond donors (Lipinski definition) is 1. The summed E-state index contributed by atoms with van der Waals surface area (Å²) in [5.74, 6) is -0.562. The first-order chi connectivity index (χ1) is 17.0. The maximum atomic E-state index is 15.3. The molecule has 0 saturated carbocycles. The highest BCUT2D eigenvalue weighted by atomic mass is 35.5. The number of imidazole rings is 1. The molecule has 1 aliphatic heterocycles. The van der Waals surface area contributed by atoms with Crippen molar-refractivity contribution in [2.75, 3.05) is 11.9 Å². The van der Waals surface area contributed by atoms with Crippen LogP contribution in [0.15, 0.2) is 67.0 Å². The van der Waals surface area contributed by atoms with Crippen molar-refractivity contribution in [3.8, 4) is 0 Å². The number of rotatable bonds is 7. The van der Waals surface area contributed by atoms with Crippen molar-refractivity contribution in [2.24, 2.45) is 5.92 Å². The monoisotopic (exact) mass is 495 g/mol. The Morgan fingerprint density at radius 1 is 1.14 bits per heavy atom. The molecule has 180 valence electrons. The van der Waals surface area contributed by atoms with E-state index in [1.807, 2.05) is 36.4 Å². The van der Waals surface area contributed by atoms with Gasteiger partial charge >= 0.3 is 5.97 Å². The van der Waals surface area contributed by atoms with Crippen molar-refractivity contribution >= 4 is 34.6 Å². The number of carbonyl (C=O) groups is 1. The first-order valence-corrected chi connectivity index (χ1v) is 11.6. The molecule has 0 radical (unpaired) electrons. The molecule has 0 unspecified atom stereocenters. The molecule has 4 atom stereocenters. The van der Waals surface area contributed by atoms with Gasteiger partial charge in [-0.2, -0.15) is 9.97 Å². The minimum atomic E-state index is -1.37. The van der Waals surface area contributed by atoms with Gasteiger partial charge in [-0.3, -0.25) is 4.57 Å². The van der Waals surface area contributed by atoms with Crippen LogP contribution >= 0.6 is 11.6 Å². The van der Waals surface area contributed by atoms with E-state index in [1.165, 1.54) is 10.9 Å². The fourth-order valence-electron chi connectivity index (χ4n) is 4.05. The lowest BCUT2D eigenvalue weighted by Crippen LogP contribution is -2.25. The van der Waals surface area contributed by atoms with Crippen molar-refractivity contribution in [1.82, 2.24) is 19.5 Å². The van der Waals surface area contributed by atoms with E-state index in [-0.39, 0.29) is 11.9 Å². The minimum absolute atomic E-state index is 0.00427. The van der Waals surface area contributed by atoms with Gasteiger partial charge in [-0.1, -0.05) is 55.5 Å². The van der Waals surface area contributed by atoms with Crippen LogP contribution in [0.25, 0.3) is 11.2 Å². The molecule has 0 amide bonds. The number of ether oxygens (including phenoxy) is 2. The van der Waals surface area contributed by atoms with Crippen molar-refractivity contribution in [3.05, 3.63) is 83.4 Å². The Balaban J connectivity index is 1.33. The third kappa shape index (κ3) is 4.82. The normalized spacial score (nSPS) is 21.8. The standard InChI is InChI=1S/C25H23ClFN5O3/c1-15-18(13-34-24(33)17-10-6-3-7-11-17)35-23(19(15)27)32-14-29-20-21(30-25(26)31-22(20)32)28-12-16-8-4-2-5-9-16/h2-11,14-15,18-19,23H,12-13H2,1H3,(H,28,30,31)/t15-,18-,19+,23-/m1/s1. The van der Waals surface area contributed by atoms with Gasteiger partial charge in [0.05, 0.1) is 18.0 Å². The topological polar surface area (TPSA) is 91.2 Å². The Kier molecular flexibility index (Phi) is 6.61. The molecule has 2 aromatic heterocycles. The zero-order chi connectivity index (χ0) is 24.4. The van der Waals surface area contributed by atoms with E-state index in [1.54, 1.807) is 31.2 Å². The van der Waals surface area contributed by atoms with Gasteiger partial charge in [0, 0.05) is 12.5 Å². The summed E-state index contributed by atoms with van der Waals surface area (Å²) in [6.45, 7) is 2.16. The Labute approximate surface area is 206 Å². The van der Waals surface area contributed by atoms with Crippen molar-refractivity contribution < 1.29 is 18.7 Å². The summed E-state index contributed by atoms with van der Waals surface area (Å²) >= 11 is 6.18. The molecule has 1 aliphatic rings. The summed E-state index contributed by atoms with van der Waals surface area (Å²) < 4.78 is 28.2. The van der Waals surface area contributed by atoms with Crippen LogP contribution in [0.1, 0.15) is 29.1 Å². The van der Waals surface area contributed by atoms with Gasteiger partial charge in [-0.05, 0) is 29.3 Å². The molecule has 35 heavy (non-hydrogen) atoms. The zero-order valence-electron chi connectivity index (χ0n) is 18.8. The molecule has 5 rings (SSSR count). The smallest absolute Gasteiger partial charge is 0.338 e. The number of esters is 1. The first-order valence-electron chi connectivity index (χ1n) is 11.2. The molecule has 1 fully saturated rings. The molecular weight excluding hydrogens is 473 g/mol. The van der Waals surface area contributed by atoms with Crippen LogP contribution in [0.2, 0.25) is 5.28 Å². The molecule has 1 N–H and O–H groups in total. The third-order valence-electron chi connectivity index (χ3n) is 6.03. The Bertz CT molecular complexity index is 1320. The summed E-state index contributed by atoms with van der Waals surface area (Å²) in [6, 6.07) is 18.4. The van der Waals surface area contributed by atoms with Crippen molar-refractivity contribution in [1.29, 1.82) is 0 Å². The Morgan fingerprint density at radius 2 is 1.86 bits per heavy atom. The Hall–Kier alpha value is -3.56. The molecule has 4 aromatic rings. The van der Waals surface area contributed by atoms with Gasteiger partial charge < -0.3 is 14.8 Å². The summed E-state index contributed by atoms with van der Waals surface area (Å²) in [7, 11) is 0. The Morgan fingerprint density at radius 3 is 2.60 bits per heavy atom. The molecule has 0 aliphatic carbocycles. The number of fused-ring (bicyclic) bond motifs is 1. The van der Waals surface area contributed by atoms with Crippen LogP contribution < -0.4 is 5.32 Å². The SMILES string of the molecule is C[C@H]1[C@H](F)[C@H](n2cnc3c(NCc4ccccc4)nc(Cl)nc32)O[C@@H]1COC(=O)c1ccccc1. The number of aromatic nitrogens is 4. The van der Waals surface area contributed by atoms with Gasteiger partial charge in [0.1, 0.15) is 6.61 Å². The van der Waals surface area contributed by atoms with Crippen LogP contribution in [-0.2, 0) is 16.0 Å². The van der Waals surface area contributed by atoms with E-state index < -0.39 is 30.4 Å². The molecule has 1 saturated heterocycles. The number of anilines is 1. The molecule has 0 spiro atoms. The highest BCUT2D eigenvalue weighted by Crippen LogP contribution is 2.38. The first kappa shape index (κ1) is 23.2. The largest absolute Gasteiger partial charge is 0.459 e. The number of benzene rings is 2. The lowest BCUT2D eigenvalue weighted by atomic mass is 10.0. The predicted octanol–water partition coefficient (Wildman–Crippen LogP) is 4.82. The van der Waals surface area contributed by atoms with Gasteiger partial charge in [0.2, 0.25) is 5.28 Å². The average Bonchev–Trinajstić information content (AvgIpc) is 3.42. The number of carbonyl (C=O) groups excluding carboxylic acids is 1. The number of halogens is 2. The number of alkyl halides is 1. The summed E-state index contributed by atoms with van der Waals surface area (Å²) in [4.78, 5) is 25.2. The van der Waals surface area contributed by atoms with E-state index in [9.17, 15) is 4.79 Å². The summed E-state index contributed by atoms with van der Waals surface area (Å²) in [5, 5.41) is 3.23. The lowest BCUT2D eigenvalue weighted by Gasteiger charge is -2.16. The van der Waals surface area contributed by atoms with Gasteiger partial charge in [-0.25, -0.2) is 14.2 Å². The highest BCUT2D eigenvalue weighted by Gasteiger charge is 2.44. The maximum Gasteiger partial charge on any atom is 0.338 e. The second kappa shape index (κ2) is 9.97. The van der Waals surface area contributed by atoms with Crippen LogP contribution in [0.5, 0.6) is 0 Å². The molecule has 10 heteroatoms. The fourth-order valence-corrected chi connectivity index (χ4v) is 4.21. The minimum Gasteiger partial charge on any atom is -0.459 e. The van der Waals surface area contributed by atoms with E-state index in [2.05, 4.69) is 20.3 Å². The van der Waals surface area contributed by atoms with E-state index in [4.69, 9.17) is 21.1 Å². The zero-order valence-corrected chi connectivity index (χ0v) is 19.6. The van der Waals surface area contributed by atoms with Crippen molar-refractivity contribution in [3.63, 3.8) is 0 Å². The number of nitrogens with zero attached hydrogens (tertiary/aromatic N) is 4. The average molecular weight is 496 g/mol. The molecule has 3 heterocycles. The lowest BCUT2D eigenvalue weighted by molar-refractivity contribution is -0.0449. The van der Waals surface area contributed by atoms with E-state index >= 15 is 4.39 Å². The number of nitrogens with one attached hydrogen (secondary N) is 1. The summed E-state index contributed by atoms with van der Waals surface area (Å²) in [5.41, 5.74) is 2.28. The van der Waals surface area contributed by atoms with Crippen LogP contribution in [0.3, 0.4) is 0 Å². The molecule has 0 bridgehead atoms. The molecular formula is C25H23ClFN5O3. The molecule has 8 nitrogen and oxygen atoms in total.